The lowest BCUT2D eigenvalue weighted by molar-refractivity contribution is 0.0780. The Bertz CT molecular complexity index is 1420. The summed E-state index contributed by atoms with van der Waals surface area (Å²) in [6, 6.07) is 10.2. The standard InChI is InChI=1S/C32H45ClN5O2P/c1-21-26(32(2,3)39)16-17-28(29(21)41(4,5)40)37-30-27(33)20-35-31(38-30)36-25-15-14-23-12-10-22(9-7-6-8-18-34)11-13-24(23)19-25/h14-17,19-20,22,39H,6-13,18,34H2,1-5H3,(H2,35,36,37,38)/t22-/m0/s1. The second-order valence-electron chi connectivity index (χ2n) is 12.2. The second-order valence-corrected chi connectivity index (χ2v) is 15.8. The van der Waals surface area contributed by atoms with E-state index in [1.165, 1.54) is 43.2 Å². The molecule has 1 heterocycles. The van der Waals surface area contributed by atoms with Gasteiger partial charge in [-0.2, -0.15) is 4.98 Å². The average Bonchev–Trinajstić information content (AvgIpc) is 3.09. The van der Waals surface area contributed by atoms with Crippen LogP contribution in [0.2, 0.25) is 5.02 Å². The van der Waals surface area contributed by atoms with E-state index in [9.17, 15) is 9.67 Å². The molecule has 0 saturated heterocycles. The number of nitrogens with two attached hydrogens (primary N) is 1. The molecule has 1 aliphatic carbocycles. The number of aryl methyl sites for hydroxylation is 2. The zero-order chi connectivity index (χ0) is 29.8. The molecule has 0 bridgehead atoms. The largest absolute Gasteiger partial charge is 0.386 e. The quantitative estimate of drug-likeness (QED) is 0.103. The van der Waals surface area contributed by atoms with E-state index < -0.39 is 12.7 Å². The predicted octanol–water partition coefficient (Wildman–Crippen LogP) is 7.42. The topological polar surface area (TPSA) is 113 Å². The van der Waals surface area contributed by atoms with Crippen LogP contribution in [0.3, 0.4) is 0 Å². The highest BCUT2D eigenvalue weighted by atomic mass is 35.5. The summed E-state index contributed by atoms with van der Waals surface area (Å²) in [5.41, 5.74) is 10.5. The van der Waals surface area contributed by atoms with Gasteiger partial charge < -0.3 is 26.0 Å². The van der Waals surface area contributed by atoms with Gasteiger partial charge in [0.1, 0.15) is 12.2 Å². The highest BCUT2D eigenvalue weighted by molar-refractivity contribution is 7.70. The van der Waals surface area contributed by atoms with Gasteiger partial charge in [-0.1, -0.05) is 43.0 Å². The average molecular weight is 598 g/mol. The van der Waals surface area contributed by atoms with E-state index >= 15 is 0 Å². The number of hydrogen-bond donors (Lipinski definition) is 4. The lowest BCUT2D eigenvalue weighted by Gasteiger charge is -2.26. The molecule has 5 N–H and O–H groups in total. The molecule has 41 heavy (non-hydrogen) atoms. The van der Waals surface area contributed by atoms with Crippen molar-refractivity contribution in [2.75, 3.05) is 30.5 Å². The Balaban J connectivity index is 1.52. The minimum absolute atomic E-state index is 0.354. The highest BCUT2D eigenvalue weighted by Crippen LogP contribution is 2.42. The summed E-state index contributed by atoms with van der Waals surface area (Å²) in [5, 5.41) is 18.3. The second kappa shape index (κ2) is 13.2. The molecule has 0 fully saturated rings. The van der Waals surface area contributed by atoms with Crippen LogP contribution >= 0.6 is 18.7 Å². The number of hydrogen-bond acceptors (Lipinski definition) is 7. The summed E-state index contributed by atoms with van der Waals surface area (Å²) in [5.74, 6) is 1.62. The molecular formula is C32H45ClN5O2P. The van der Waals surface area contributed by atoms with Gasteiger partial charge in [0, 0.05) is 11.0 Å². The van der Waals surface area contributed by atoms with Gasteiger partial charge in [0.15, 0.2) is 5.82 Å². The Morgan fingerprint density at radius 2 is 1.80 bits per heavy atom. The normalized spacial score (nSPS) is 15.8. The van der Waals surface area contributed by atoms with Crippen LogP contribution in [0, 0.1) is 12.8 Å². The summed E-state index contributed by atoms with van der Waals surface area (Å²) in [7, 11) is -2.72. The molecule has 0 amide bonds. The van der Waals surface area contributed by atoms with Gasteiger partial charge in [-0.3, -0.25) is 0 Å². The molecule has 3 aromatic rings. The number of benzene rings is 2. The molecule has 1 aromatic heterocycles. The number of nitrogens with zero attached hydrogens (tertiary/aromatic N) is 2. The molecule has 0 saturated carbocycles. The van der Waals surface area contributed by atoms with Crippen molar-refractivity contribution in [3.05, 3.63) is 63.8 Å². The van der Waals surface area contributed by atoms with Gasteiger partial charge in [0.2, 0.25) is 5.95 Å². The van der Waals surface area contributed by atoms with Crippen LogP contribution in [-0.2, 0) is 23.0 Å². The van der Waals surface area contributed by atoms with Crippen LogP contribution in [0.5, 0.6) is 0 Å². The van der Waals surface area contributed by atoms with E-state index in [0.717, 1.165) is 48.5 Å². The summed E-state index contributed by atoms with van der Waals surface area (Å²) < 4.78 is 13.4. The molecule has 1 aliphatic rings. The molecule has 1 atom stereocenters. The fourth-order valence-electron chi connectivity index (χ4n) is 6.02. The monoisotopic (exact) mass is 597 g/mol. The Morgan fingerprint density at radius 3 is 2.49 bits per heavy atom. The number of aromatic nitrogens is 2. The first-order chi connectivity index (χ1) is 19.4. The summed E-state index contributed by atoms with van der Waals surface area (Å²) >= 11 is 6.51. The predicted molar refractivity (Wildman–Crippen MR) is 173 cm³/mol. The molecule has 9 heteroatoms. The highest BCUT2D eigenvalue weighted by Gasteiger charge is 2.27. The summed E-state index contributed by atoms with van der Waals surface area (Å²) in [4.78, 5) is 9.08. The van der Waals surface area contributed by atoms with Gasteiger partial charge in [0.05, 0.1) is 17.5 Å². The molecular weight excluding hydrogens is 553 g/mol. The number of nitrogens with one attached hydrogen (secondary N) is 2. The maximum Gasteiger partial charge on any atom is 0.229 e. The first-order valence-electron chi connectivity index (χ1n) is 14.7. The Kier molecular flexibility index (Phi) is 10.2. The Morgan fingerprint density at radius 1 is 1.07 bits per heavy atom. The van der Waals surface area contributed by atoms with Gasteiger partial charge >= 0.3 is 0 Å². The number of anilines is 4. The van der Waals surface area contributed by atoms with Crippen LogP contribution in [0.4, 0.5) is 23.1 Å². The van der Waals surface area contributed by atoms with Crippen molar-refractivity contribution in [3.8, 4) is 0 Å². The zero-order valence-electron chi connectivity index (χ0n) is 25.1. The number of unbranched alkanes of at least 4 members (excludes halogenated alkanes) is 2. The third kappa shape index (κ3) is 8.10. The van der Waals surface area contributed by atoms with Crippen molar-refractivity contribution in [2.24, 2.45) is 11.7 Å². The molecule has 0 radical (unpaired) electrons. The molecule has 222 valence electrons. The van der Waals surface area contributed by atoms with Crippen LogP contribution < -0.4 is 21.7 Å². The van der Waals surface area contributed by atoms with Crippen molar-refractivity contribution in [3.63, 3.8) is 0 Å². The Hall–Kier alpha value is -2.44. The number of rotatable bonds is 11. The van der Waals surface area contributed by atoms with Crippen molar-refractivity contribution in [2.45, 2.75) is 77.7 Å². The van der Waals surface area contributed by atoms with Crippen molar-refractivity contribution >= 4 is 47.2 Å². The van der Waals surface area contributed by atoms with E-state index in [1.54, 1.807) is 33.4 Å². The first kappa shape index (κ1) is 31.5. The third-order valence-electron chi connectivity index (χ3n) is 8.05. The van der Waals surface area contributed by atoms with Gasteiger partial charge in [-0.25, -0.2) is 4.98 Å². The molecule has 0 unspecified atom stereocenters. The maximum atomic E-state index is 13.4. The number of fused-ring (bicyclic) bond motifs is 1. The molecule has 2 aromatic carbocycles. The third-order valence-corrected chi connectivity index (χ3v) is 9.98. The minimum Gasteiger partial charge on any atom is -0.386 e. The summed E-state index contributed by atoms with van der Waals surface area (Å²) in [6.45, 7) is 9.60. The zero-order valence-corrected chi connectivity index (χ0v) is 26.7. The maximum absolute atomic E-state index is 13.4. The van der Waals surface area contributed by atoms with Crippen molar-refractivity contribution in [1.29, 1.82) is 0 Å². The van der Waals surface area contributed by atoms with Crippen LogP contribution in [0.1, 0.15) is 74.6 Å². The first-order valence-corrected chi connectivity index (χ1v) is 17.6. The van der Waals surface area contributed by atoms with E-state index in [1.807, 2.05) is 19.1 Å². The number of aliphatic hydroxyl groups is 1. The fraction of sp³-hybridized carbons (Fsp3) is 0.500. The van der Waals surface area contributed by atoms with Gasteiger partial charge in [-0.15, -0.1) is 0 Å². The van der Waals surface area contributed by atoms with Gasteiger partial charge in [0.25, 0.3) is 0 Å². The molecule has 0 aliphatic heterocycles. The smallest absolute Gasteiger partial charge is 0.229 e. The van der Waals surface area contributed by atoms with Gasteiger partial charge in [-0.05, 0) is 119 Å². The van der Waals surface area contributed by atoms with Crippen LogP contribution in [0.25, 0.3) is 0 Å². The lowest BCUT2D eigenvalue weighted by atomic mass is 9.93. The van der Waals surface area contributed by atoms with Crippen molar-refractivity contribution in [1.82, 2.24) is 9.97 Å². The van der Waals surface area contributed by atoms with E-state index in [2.05, 4.69) is 38.8 Å². The van der Waals surface area contributed by atoms with Crippen LogP contribution in [0.15, 0.2) is 36.5 Å². The number of halogens is 1. The Labute approximate surface area is 250 Å². The lowest BCUT2D eigenvalue weighted by Crippen LogP contribution is -2.23. The fourth-order valence-corrected chi connectivity index (χ4v) is 7.79. The van der Waals surface area contributed by atoms with Crippen LogP contribution in [-0.4, -0.2) is 34.9 Å². The van der Waals surface area contributed by atoms with E-state index in [-0.39, 0.29) is 0 Å². The van der Waals surface area contributed by atoms with E-state index in [0.29, 0.717) is 27.8 Å². The molecule has 7 nitrogen and oxygen atoms in total. The van der Waals surface area contributed by atoms with Crippen molar-refractivity contribution < 1.29 is 9.67 Å². The molecule has 4 rings (SSSR count). The van der Waals surface area contributed by atoms with E-state index in [4.69, 9.17) is 17.3 Å². The summed E-state index contributed by atoms with van der Waals surface area (Å²) in [6.07, 6.45) is 11.2. The SMILES string of the molecule is Cc1c(C(C)(C)O)ccc(Nc2nc(Nc3ccc4c(c3)CC[C@@H](CCCCCN)CC4)ncc2Cl)c1P(C)(C)=O. The minimum atomic E-state index is -2.72. The molecule has 0 spiro atoms.